The van der Waals surface area contributed by atoms with Crippen LogP contribution in [-0.2, 0) is 11.3 Å². The number of esters is 1. The van der Waals surface area contributed by atoms with Crippen LogP contribution < -0.4 is 15.0 Å². The SMILES string of the molecule is COC(=O)c1cc(-c2ccc(NCc3cccc(N4CCCC4)c3)nc2)ccc1OC. The highest BCUT2D eigenvalue weighted by Crippen LogP contribution is 2.27. The highest BCUT2D eigenvalue weighted by Gasteiger charge is 2.15. The number of rotatable bonds is 7. The highest BCUT2D eigenvalue weighted by molar-refractivity contribution is 5.94. The summed E-state index contributed by atoms with van der Waals surface area (Å²) in [6.07, 6.45) is 4.34. The Balaban J connectivity index is 1.44. The summed E-state index contributed by atoms with van der Waals surface area (Å²) in [7, 11) is 2.89. The molecule has 1 fully saturated rings. The standard InChI is InChI=1S/C25H27N3O3/c1-30-23-10-8-19(15-22(23)25(29)31-2)20-9-11-24(27-17-20)26-16-18-6-5-7-21(14-18)28-12-3-4-13-28/h5-11,14-15,17H,3-4,12-13,16H2,1-2H3,(H,26,27). The van der Waals surface area contributed by atoms with Gasteiger partial charge in [0.2, 0.25) is 0 Å². The summed E-state index contributed by atoms with van der Waals surface area (Å²) >= 11 is 0. The van der Waals surface area contributed by atoms with E-state index in [1.807, 2.05) is 18.2 Å². The summed E-state index contributed by atoms with van der Waals surface area (Å²) in [5.74, 6) is 0.858. The number of benzene rings is 2. The fourth-order valence-electron chi connectivity index (χ4n) is 3.86. The second-order valence-corrected chi connectivity index (χ2v) is 7.56. The van der Waals surface area contributed by atoms with E-state index in [0.717, 1.165) is 30.0 Å². The molecule has 2 heterocycles. The van der Waals surface area contributed by atoms with E-state index in [1.165, 1.54) is 38.3 Å². The van der Waals surface area contributed by atoms with Gasteiger partial charge in [0.1, 0.15) is 17.1 Å². The van der Waals surface area contributed by atoms with Gasteiger partial charge in [-0.05, 0) is 60.4 Å². The molecule has 4 rings (SSSR count). The van der Waals surface area contributed by atoms with Crippen LogP contribution in [-0.4, -0.2) is 38.3 Å². The summed E-state index contributed by atoms with van der Waals surface area (Å²) in [6, 6.07) is 18.0. The van der Waals surface area contributed by atoms with Crippen molar-refractivity contribution < 1.29 is 14.3 Å². The Morgan fingerprint density at radius 3 is 2.55 bits per heavy atom. The number of anilines is 2. The van der Waals surface area contributed by atoms with Gasteiger partial charge in [-0.1, -0.05) is 18.2 Å². The first kappa shape index (κ1) is 20.7. The zero-order valence-corrected chi connectivity index (χ0v) is 17.9. The predicted octanol–water partition coefficient (Wildman–Crippen LogP) is 4.76. The van der Waals surface area contributed by atoms with E-state index in [0.29, 0.717) is 17.9 Å². The average Bonchev–Trinajstić information content (AvgIpc) is 3.37. The minimum atomic E-state index is -0.430. The zero-order valence-electron chi connectivity index (χ0n) is 17.9. The molecule has 1 N–H and O–H groups in total. The molecule has 0 saturated carbocycles. The minimum Gasteiger partial charge on any atom is -0.496 e. The van der Waals surface area contributed by atoms with Crippen LogP contribution in [0.2, 0.25) is 0 Å². The van der Waals surface area contributed by atoms with Gasteiger partial charge in [0.25, 0.3) is 0 Å². The number of methoxy groups -OCH3 is 2. The molecule has 160 valence electrons. The van der Waals surface area contributed by atoms with Crippen LogP contribution >= 0.6 is 0 Å². The molecule has 0 atom stereocenters. The Kier molecular flexibility index (Phi) is 6.36. The first-order chi connectivity index (χ1) is 15.2. The lowest BCUT2D eigenvalue weighted by Crippen LogP contribution is -2.17. The zero-order chi connectivity index (χ0) is 21.6. The number of carbonyl (C=O) groups excluding carboxylic acids is 1. The van der Waals surface area contributed by atoms with Crippen molar-refractivity contribution in [3.05, 3.63) is 71.9 Å². The maximum Gasteiger partial charge on any atom is 0.341 e. The van der Waals surface area contributed by atoms with E-state index in [-0.39, 0.29) is 0 Å². The molecule has 3 aromatic rings. The van der Waals surface area contributed by atoms with Crippen molar-refractivity contribution in [2.45, 2.75) is 19.4 Å². The third-order valence-corrected chi connectivity index (χ3v) is 5.56. The van der Waals surface area contributed by atoms with Gasteiger partial charge >= 0.3 is 5.97 Å². The van der Waals surface area contributed by atoms with Crippen LogP contribution in [0, 0.1) is 0 Å². The Hall–Kier alpha value is -3.54. The van der Waals surface area contributed by atoms with E-state index in [4.69, 9.17) is 9.47 Å². The average molecular weight is 418 g/mol. The number of ether oxygens (including phenoxy) is 2. The summed E-state index contributed by atoms with van der Waals surface area (Å²) in [5, 5.41) is 3.39. The number of aromatic nitrogens is 1. The van der Waals surface area contributed by atoms with Gasteiger partial charge in [-0.3, -0.25) is 0 Å². The van der Waals surface area contributed by atoms with Gasteiger partial charge in [-0.2, -0.15) is 0 Å². The van der Waals surface area contributed by atoms with Crippen molar-refractivity contribution in [2.24, 2.45) is 0 Å². The second kappa shape index (κ2) is 9.51. The lowest BCUT2D eigenvalue weighted by atomic mass is 10.0. The smallest absolute Gasteiger partial charge is 0.341 e. The van der Waals surface area contributed by atoms with Crippen LogP contribution in [0.4, 0.5) is 11.5 Å². The number of carbonyl (C=O) groups is 1. The van der Waals surface area contributed by atoms with Gasteiger partial charge < -0.3 is 19.7 Å². The molecule has 0 unspecified atom stereocenters. The Morgan fingerprint density at radius 2 is 1.84 bits per heavy atom. The summed E-state index contributed by atoms with van der Waals surface area (Å²) in [6.45, 7) is 2.99. The predicted molar refractivity (Wildman–Crippen MR) is 123 cm³/mol. The summed E-state index contributed by atoms with van der Waals surface area (Å²) in [5.41, 5.74) is 4.70. The first-order valence-electron chi connectivity index (χ1n) is 10.5. The Morgan fingerprint density at radius 1 is 1.03 bits per heavy atom. The van der Waals surface area contributed by atoms with Crippen molar-refractivity contribution in [2.75, 3.05) is 37.5 Å². The van der Waals surface area contributed by atoms with Crippen LogP contribution in [0.15, 0.2) is 60.8 Å². The fraction of sp³-hybridized carbons (Fsp3) is 0.280. The molecule has 1 saturated heterocycles. The van der Waals surface area contributed by atoms with Crippen molar-refractivity contribution in [1.29, 1.82) is 0 Å². The monoisotopic (exact) mass is 417 g/mol. The van der Waals surface area contributed by atoms with Crippen molar-refractivity contribution >= 4 is 17.5 Å². The molecule has 0 aliphatic carbocycles. The molecular weight excluding hydrogens is 390 g/mol. The largest absolute Gasteiger partial charge is 0.496 e. The van der Waals surface area contributed by atoms with Gasteiger partial charge in [0.15, 0.2) is 0 Å². The molecule has 0 bridgehead atoms. The van der Waals surface area contributed by atoms with Gasteiger partial charge in [0, 0.05) is 37.1 Å². The molecule has 1 aromatic heterocycles. The molecule has 31 heavy (non-hydrogen) atoms. The fourth-order valence-corrected chi connectivity index (χ4v) is 3.86. The number of nitrogens with zero attached hydrogens (tertiary/aromatic N) is 2. The maximum absolute atomic E-state index is 12.0. The summed E-state index contributed by atoms with van der Waals surface area (Å²) in [4.78, 5) is 19.0. The van der Waals surface area contributed by atoms with Crippen LogP contribution in [0.25, 0.3) is 11.1 Å². The number of pyridine rings is 1. The Bertz CT molecular complexity index is 1040. The minimum absolute atomic E-state index is 0.391. The molecule has 1 aliphatic heterocycles. The van der Waals surface area contributed by atoms with E-state index in [2.05, 4.69) is 39.5 Å². The molecule has 0 radical (unpaired) electrons. The van der Waals surface area contributed by atoms with Crippen LogP contribution in [0.1, 0.15) is 28.8 Å². The third kappa shape index (κ3) is 4.79. The number of hydrogen-bond donors (Lipinski definition) is 1. The van der Waals surface area contributed by atoms with Gasteiger partial charge in [-0.25, -0.2) is 9.78 Å². The normalized spacial score (nSPS) is 13.2. The quantitative estimate of drug-likeness (QED) is 0.560. The molecule has 0 amide bonds. The Labute approximate surface area is 182 Å². The lowest BCUT2D eigenvalue weighted by Gasteiger charge is -2.18. The van der Waals surface area contributed by atoms with E-state index < -0.39 is 5.97 Å². The van der Waals surface area contributed by atoms with Crippen molar-refractivity contribution in [3.63, 3.8) is 0 Å². The summed E-state index contributed by atoms with van der Waals surface area (Å²) < 4.78 is 10.1. The van der Waals surface area contributed by atoms with Gasteiger partial charge in [-0.15, -0.1) is 0 Å². The van der Waals surface area contributed by atoms with E-state index >= 15 is 0 Å². The second-order valence-electron chi connectivity index (χ2n) is 7.56. The molecular formula is C25H27N3O3. The highest BCUT2D eigenvalue weighted by atomic mass is 16.5. The molecule has 1 aliphatic rings. The van der Waals surface area contributed by atoms with E-state index in [9.17, 15) is 4.79 Å². The number of hydrogen-bond acceptors (Lipinski definition) is 6. The first-order valence-corrected chi connectivity index (χ1v) is 10.5. The van der Waals surface area contributed by atoms with Crippen LogP contribution in [0.3, 0.4) is 0 Å². The van der Waals surface area contributed by atoms with Crippen molar-refractivity contribution in [3.8, 4) is 16.9 Å². The third-order valence-electron chi connectivity index (χ3n) is 5.56. The molecule has 6 nitrogen and oxygen atoms in total. The van der Waals surface area contributed by atoms with E-state index in [1.54, 1.807) is 18.3 Å². The molecule has 2 aromatic carbocycles. The molecule has 0 spiro atoms. The topological polar surface area (TPSA) is 63.7 Å². The van der Waals surface area contributed by atoms with Crippen LogP contribution in [0.5, 0.6) is 5.75 Å². The maximum atomic E-state index is 12.0. The number of nitrogens with one attached hydrogen (secondary N) is 1. The molecule has 6 heteroatoms. The lowest BCUT2D eigenvalue weighted by molar-refractivity contribution is 0.0597. The van der Waals surface area contributed by atoms with Crippen molar-refractivity contribution in [1.82, 2.24) is 4.98 Å². The van der Waals surface area contributed by atoms with Gasteiger partial charge in [0.05, 0.1) is 14.2 Å².